The van der Waals surface area contributed by atoms with Gasteiger partial charge in [0.1, 0.15) is 23.1 Å². The third-order valence-corrected chi connectivity index (χ3v) is 5.96. The van der Waals surface area contributed by atoms with Gasteiger partial charge in [-0.15, -0.1) is 0 Å². The summed E-state index contributed by atoms with van der Waals surface area (Å²) in [4.78, 5) is 14.8. The molecule has 0 radical (unpaired) electrons. The second-order valence-corrected chi connectivity index (χ2v) is 8.26. The van der Waals surface area contributed by atoms with E-state index in [1.165, 1.54) is 0 Å². The van der Waals surface area contributed by atoms with Gasteiger partial charge in [0.15, 0.2) is 0 Å². The van der Waals surface area contributed by atoms with E-state index < -0.39 is 0 Å². The summed E-state index contributed by atoms with van der Waals surface area (Å²) >= 11 is 6.43. The first-order valence-electron chi connectivity index (χ1n) is 10.8. The number of aromatic nitrogens is 2. The van der Waals surface area contributed by atoms with Gasteiger partial charge >= 0.3 is 0 Å². The average Bonchev–Trinajstić information content (AvgIpc) is 2.87. The molecule has 2 aromatic carbocycles. The summed E-state index contributed by atoms with van der Waals surface area (Å²) in [7, 11) is 0. The maximum absolute atomic E-state index is 12.7. The Morgan fingerprint density at radius 3 is 2.65 bits per heavy atom. The molecule has 0 spiro atoms. The average molecular weight is 473 g/mol. The van der Waals surface area contributed by atoms with Crippen LogP contribution in [0.5, 0.6) is 11.5 Å². The number of nitriles is 2. The smallest absolute Gasteiger partial charge is 0.251 e. The van der Waals surface area contributed by atoms with Gasteiger partial charge in [0.2, 0.25) is 0 Å². The third kappa shape index (κ3) is 5.32. The molecule has 9 heteroatoms. The minimum atomic E-state index is -0.211. The minimum absolute atomic E-state index is 0.0562. The molecule has 8 nitrogen and oxygen atoms in total. The first kappa shape index (κ1) is 23.2. The maximum Gasteiger partial charge on any atom is 0.251 e. The Labute approximate surface area is 202 Å². The van der Waals surface area contributed by atoms with Gasteiger partial charge in [-0.3, -0.25) is 9.69 Å². The molecule has 34 heavy (non-hydrogen) atoms. The summed E-state index contributed by atoms with van der Waals surface area (Å²) < 4.78 is 5.96. The van der Waals surface area contributed by atoms with Gasteiger partial charge in [-0.1, -0.05) is 23.7 Å². The molecular formula is C25H21ClN6O2. The number of amides is 1. The number of carbonyl (C=O) groups excluding carboxylic acids is 1. The lowest BCUT2D eigenvalue weighted by molar-refractivity contribution is 0.0914. The molecule has 0 aliphatic carbocycles. The molecule has 4 rings (SSSR count). The van der Waals surface area contributed by atoms with Crippen molar-refractivity contribution >= 4 is 17.5 Å². The van der Waals surface area contributed by atoms with E-state index in [-0.39, 0.29) is 17.0 Å². The van der Waals surface area contributed by atoms with Crippen LogP contribution in [0.15, 0.2) is 54.9 Å². The number of halogens is 1. The van der Waals surface area contributed by atoms with Crippen LogP contribution in [0, 0.1) is 22.7 Å². The van der Waals surface area contributed by atoms with Crippen LogP contribution < -0.4 is 10.1 Å². The van der Waals surface area contributed by atoms with Crippen LogP contribution in [0.2, 0.25) is 5.02 Å². The van der Waals surface area contributed by atoms with E-state index in [0.29, 0.717) is 34.7 Å². The SMILES string of the molecule is N#CCN1CCC(NC(=O)c2ccc(Oc3cccc(-c4ccnnc4)c3C#N)c(Cl)c2)CC1. The van der Waals surface area contributed by atoms with E-state index >= 15 is 0 Å². The van der Waals surface area contributed by atoms with Crippen molar-refractivity contribution < 1.29 is 9.53 Å². The van der Waals surface area contributed by atoms with E-state index in [1.54, 1.807) is 48.8 Å². The first-order valence-corrected chi connectivity index (χ1v) is 11.1. The minimum Gasteiger partial charge on any atom is -0.454 e. The number of hydrogen-bond donors (Lipinski definition) is 1. The molecule has 170 valence electrons. The Bertz CT molecular complexity index is 1260. The highest BCUT2D eigenvalue weighted by molar-refractivity contribution is 6.32. The summed E-state index contributed by atoms with van der Waals surface area (Å²) in [6, 6.07) is 16.3. The van der Waals surface area contributed by atoms with Gasteiger partial charge in [0, 0.05) is 35.8 Å². The molecule has 1 aliphatic heterocycles. The van der Waals surface area contributed by atoms with Crippen molar-refractivity contribution in [1.82, 2.24) is 20.4 Å². The highest BCUT2D eigenvalue weighted by Gasteiger charge is 2.21. The molecule has 1 saturated heterocycles. The Hall–Kier alpha value is -3.98. The Kier molecular flexibility index (Phi) is 7.34. The van der Waals surface area contributed by atoms with Crippen LogP contribution in [0.4, 0.5) is 0 Å². The predicted molar refractivity (Wildman–Crippen MR) is 126 cm³/mol. The second kappa shape index (κ2) is 10.8. The van der Waals surface area contributed by atoms with Gasteiger partial charge in [0.05, 0.1) is 30.0 Å². The fraction of sp³-hybridized carbons (Fsp3) is 0.240. The van der Waals surface area contributed by atoms with E-state index in [2.05, 4.69) is 32.6 Å². The Balaban J connectivity index is 1.47. The lowest BCUT2D eigenvalue weighted by Gasteiger charge is -2.30. The molecule has 2 heterocycles. The van der Waals surface area contributed by atoms with E-state index in [1.807, 2.05) is 6.07 Å². The van der Waals surface area contributed by atoms with Gasteiger partial charge < -0.3 is 10.1 Å². The summed E-state index contributed by atoms with van der Waals surface area (Å²) in [5.74, 6) is 0.474. The van der Waals surface area contributed by atoms with Crippen molar-refractivity contribution in [3.05, 3.63) is 71.0 Å². The van der Waals surface area contributed by atoms with Crippen LogP contribution in [0.1, 0.15) is 28.8 Å². The molecule has 1 amide bonds. The van der Waals surface area contributed by atoms with Gasteiger partial charge in [0.25, 0.3) is 5.91 Å². The monoisotopic (exact) mass is 472 g/mol. The molecule has 0 bridgehead atoms. The largest absolute Gasteiger partial charge is 0.454 e. The molecule has 0 unspecified atom stereocenters. The van der Waals surface area contributed by atoms with Crippen LogP contribution in [-0.2, 0) is 0 Å². The Morgan fingerprint density at radius 1 is 1.15 bits per heavy atom. The molecule has 1 N–H and O–H groups in total. The van der Waals surface area contributed by atoms with Crippen molar-refractivity contribution in [2.75, 3.05) is 19.6 Å². The first-order chi connectivity index (χ1) is 16.6. The van der Waals surface area contributed by atoms with Gasteiger partial charge in [-0.25, -0.2) is 0 Å². The summed E-state index contributed by atoms with van der Waals surface area (Å²) in [5, 5.41) is 29.5. The van der Waals surface area contributed by atoms with Crippen molar-refractivity contribution in [3.8, 4) is 34.8 Å². The third-order valence-electron chi connectivity index (χ3n) is 5.66. The number of benzene rings is 2. The number of likely N-dealkylation sites (tertiary alicyclic amines) is 1. The summed E-state index contributed by atoms with van der Waals surface area (Å²) in [5.41, 5.74) is 2.18. The van der Waals surface area contributed by atoms with E-state index in [9.17, 15) is 10.1 Å². The number of rotatable bonds is 6. The fourth-order valence-corrected chi connectivity index (χ4v) is 4.09. The topological polar surface area (TPSA) is 115 Å². The second-order valence-electron chi connectivity index (χ2n) is 7.85. The molecular weight excluding hydrogens is 452 g/mol. The quantitative estimate of drug-likeness (QED) is 0.535. The molecule has 3 aromatic rings. The fourth-order valence-electron chi connectivity index (χ4n) is 3.87. The number of hydrogen-bond acceptors (Lipinski definition) is 7. The number of ether oxygens (including phenoxy) is 1. The molecule has 1 aromatic heterocycles. The zero-order valence-corrected chi connectivity index (χ0v) is 19.0. The van der Waals surface area contributed by atoms with E-state index in [0.717, 1.165) is 31.5 Å². The summed E-state index contributed by atoms with van der Waals surface area (Å²) in [6.07, 6.45) is 4.72. The zero-order valence-electron chi connectivity index (χ0n) is 18.2. The predicted octanol–water partition coefficient (Wildman–Crippen LogP) is 4.18. The van der Waals surface area contributed by atoms with Crippen molar-refractivity contribution in [1.29, 1.82) is 10.5 Å². The van der Waals surface area contributed by atoms with Crippen LogP contribution in [0.3, 0.4) is 0 Å². The molecule has 0 saturated carbocycles. The molecule has 1 fully saturated rings. The Morgan fingerprint density at radius 2 is 1.97 bits per heavy atom. The molecule has 1 aliphatic rings. The normalized spacial score (nSPS) is 14.1. The number of carbonyl (C=O) groups is 1. The molecule has 0 atom stereocenters. The number of nitrogens with zero attached hydrogens (tertiary/aromatic N) is 5. The summed E-state index contributed by atoms with van der Waals surface area (Å²) in [6.45, 7) is 1.97. The van der Waals surface area contributed by atoms with Gasteiger partial charge in [-0.05, 0) is 43.2 Å². The zero-order chi connectivity index (χ0) is 23.9. The lowest BCUT2D eigenvalue weighted by atomic mass is 10.0. The number of piperidine rings is 1. The van der Waals surface area contributed by atoms with Crippen LogP contribution in [0.25, 0.3) is 11.1 Å². The lowest BCUT2D eigenvalue weighted by Crippen LogP contribution is -2.44. The van der Waals surface area contributed by atoms with Crippen molar-refractivity contribution in [2.24, 2.45) is 0 Å². The van der Waals surface area contributed by atoms with Crippen molar-refractivity contribution in [2.45, 2.75) is 18.9 Å². The highest BCUT2D eigenvalue weighted by atomic mass is 35.5. The van der Waals surface area contributed by atoms with Crippen molar-refractivity contribution in [3.63, 3.8) is 0 Å². The highest BCUT2D eigenvalue weighted by Crippen LogP contribution is 2.35. The van der Waals surface area contributed by atoms with E-state index in [4.69, 9.17) is 21.6 Å². The van der Waals surface area contributed by atoms with Gasteiger partial charge in [-0.2, -0.15) is 20.7 Å². The van der Waals surface area contributed by atoms with Crippen LogP contribution >= 0.6 is 11.6 Å². The van der Waals surface area contributed by atoms with Crippen LogP contribution in [-0.4, -0.2) is 46.7 Å². The standard InChI is InChI=1S/C25H21ClN6O2/c26-22-14-17(25(33)31-19-7-11-32(12-8-19)13-9-27)4-5-24(22)34-23-3-1-2-20(21(23)15-28)18-6-10-29-30-16-18/h1-6,10,14,16,19H,7-8,11-13H2,(H,31,33). The number of nitrogens with one attached hydrogen (secondary N) is 1. The maximum atomic E-state index is 12.7.